The van der Waals surface area contributed by atoms with Gasteiger partial charge in [-0.15, -0.1) is 12.6 Å². The topological polar surface area (TPSA) is 177 Å². The van der Waals surface area contributed by atoms with Gasteiger partial charge in [-0.2, -0.15) is 0 Å². The molecule has 0 aliphatic rings. The van der Waals surface area contributed by atoms with Crippen molar-refractivity contribution in [2.45, 2.75) is 47.9 Å². The van der Waals surface area contributed by atoms with Crippen LogP contribution < -0.4 is 59.1 Å². The van der Waals surface area contributed by atoms with Gasteiger partial charge in [0.1, 0.15) is 20.0 Å². The Bertz CT molecular complexity index is 2030. The Kier molecular flexibility index (Phi) is 16.3. The number of rotatable bonds is 15. The summed E-state index contributed by atoms with van der Waals surface area (Å²) in [5, 5.41) is 11.2. The van der Waals surface area contributed by atoms with E-state index < -0.39 is 60.7 Å². The predicted molar refractivity (Wildman–Crippen MR) is 179 cm³/mol. The molecule has 4 rings (SSSR count). The van der Waals surface area contributed by atoms with Gasteiger partial charge in [0.25, 0.3) is 5.69 Å². The van der Waals surface area contributed by atoms with E-state index >= 15 is 0 Å². The second-order valence-electron chi connectivity index (χ2n) is 11.0. The molecule has 0 saturated carbocycles. The summed E-state index contributed by atoms with van der Waals surface area (Å²) in [6.45, 7) is 4.08. The summed E-state index contributed by atoms with van der Waals surface area (Å²) < 4.78 is 89.5. The summed E-state index contributed by atoms with van der Waals surface area (Å²) in [7, 11) is -12.7. The van der Waals surface area contributed by atoms with Crippen molar-refractivity contribution in [2.75, 3.05) is 19.6 Å². The van der Waals surface area contributed by atoms with Crippen molar-refractivity contribution in [3.63, 3.8) is 0 Å². The van der Waals surface area contributed by atoms with Crippen LogP contribution in [0.3, 0.4) is 0 Å². The third-order valence-corrected chi connectivity index (χ3v) is 11.9. The van der Waals surface area contributed by atoms with E-state index in [2.05, 4.69) is 9.44 Å². The van der Waals surface area contributed by atoms with Crippen LogP contribution in [0, 0.1) is 30.9 Å². The summed E-state index contributed by atoms with van der Waals surface area (Å²) >= 11 is 0. The normalized spacial score (nSPS) is 12.5. The van der Waals surface area contributed by atoms with E-state index in [1.165, 1.54) is 60.7 Å². The van der Waals surface area contributed by atoms with Crippen LogP contribution in [0.2, 0.25) is 0 Å². The minimum Gasteiger partial charge on any atom is -0.544 e. The molecule has 4 aromatic carbocycles. The van der Waals surface area contributed by atoms with Crippen molar-refractivity contribution in [1.82, 2.24) is 4.31 Å². The van der Waals surface area contributed by atoms with E-state index in [0.29, 0.717) is 5.56 Å². The van der Waals surface area contributed by atoms with Gasteiger partial charge in [-0.3, -0.25) is 10.1 Å². The van der Waals surface area contributed by atoms with Crippen LogP contribution in [0.15, 0.2) is 112 Å². The molecule has 12 nitrogen and oxygen atoms in total. The Balaban J connectivity index is 0.00000417. The molecule has 0 heterocycles. The van der Waals surface area contributed by atoms with Crippen molar-refractivity contribution < 1.29 is 89.3 Å². The van der Waals surface area contributed by atoms with Crippen molar-refractivity contribution in [3.8, 4) is 0 Å². The molecule has 1 unspecified atom stereocenters. The standard InChI is InChI=1S/C32H34N4O8S3.2Na/c1-24-4-14-30(15-5-24)45(39,40)33-20-21-35(47(43,44)32-18-8-26(3)9-19-32)23-28(22-27-10-12-29(13-11-27)36(37)38)34-46(41,42)31-16-6-25(2)7-17-31;;/h4-19,28H,20-23H2,1-3H3;;/q-2;2*+1. The number of nitro benzene ring substituents is 1. The van der Waals surface area contributed by atoms with E-state index in [1.54, 1.807) is 57.2 Å². The van der Waals surface area contributed by atoms with Gasteiger partial charge in [-0.05, 0) is 82.2 Å². The minimum atomic E-state index is -4.30. The molecule has 0 aromatic heterocycles. The zero-order valence-corrected chi connectivity index (χ0v) is 34.4. The van der Waals surface area contributed by atoms with E-state index in [9.17, 15) is 35.4 Å². The number of non-ortho nitro benzene ring substituents is 1. The first kappa shape index (κ1) is 43.2. The van der Waals surface area contributed by atoms with E-state index in [1.807, 2.05) is 0 Å². The van der Waals surface area contributed by atoms with E-state index in [4.69, 9.17) is 0 Å². The average Bonchev–Trinajstić information content (AvgIpc) is 3.01. The van der Waals surface area contributed by atoms with Crippen LogP contribution in [0.5, 0.6) is 0 Å². The fraction of sp³-hybridized carbons (Fsp3) is 0.250. The quantitative estimate of drug-likeness (QED) is 0.0902. The first-order valence-corrected chi connectivity index (χ1v) is 18.7. The average molecular weight is 745 g/mol. The summed E-state index contributed by atoms with van der Waals surface area (Å²) in [6, 6.07) is 22.3. The van der Waals surface area contributed by atoms with Gasteiger partial charge in [0.15, 0.2) is 0 Å². The molecule has 0 aliphatic carbocycles. The van der Waals surface area contributed by atoms with Crippen molar-refractivity contribution in [1.29, 1.82) is 0 Å². The monoisotopic (exact) mass is 744 g/mol. The maximum Gasteiger partial charge on any atom is 1.00 e. The first-order chi connectivity index (χ1) is 22.1. The van der Waals surface area contributed by atoms with E-state index in [-0.39, 0.29) is 85.9 Å². The zero-order chi connectivity index (χ0) is 34.4. The molecular formula is C32H34N4Na2O8S3. The molecule has 0 radical (unpaired) electrons. The SMILES string of the molecule is Cc1ccc(S(=O)(=O)[N-]CCN(CC(Cc2ccc([N+](=O)[O-])cc2)[N-]S(=O)(=O)c2ccc(C)cc2)S(=O)(=O)c2ccc(C)cc2)cc1.[Na+].[Na+]. The van der Waals surface area contributed by atoms with Crippen molar-refractivity contribution in [2.24, 2.45) is 0 Å². The van der Waals surface area contributed by atoms with Crippen LogP contribution >= 0.6 is 0 Å². The number of aryl methyl sites for hydroxylation is 3. The molecule has 4 aromatic rings. The van der Waals surface area contributed by atoms with Gasteiger partial charge < -0.3 is 9.44 Å². The molecule has 17 heteroatoms. The zero-order valence-electron chi connectivity index (χ0n) is 27.9. The molecule has 0 spiro atoms. The Hall–Kier alpha value is -1.99. The molecule has 0 aliphatic heterocycles. The second kappa shape index (κ2) is 18.5. The second-order valence-corrected chi connectivity index (χ2v) is 16.2. The maximum absolute atomic E-state index is 14.0. The maximum atomic E-state index is 14.0. The molecule has 0 amide bonds. The molecule has 0 saturated heterocycles. The Morgan fingerprint density at radius 3 is 1.53 bits per heavy atom. The van der Waals surface area contributed by atoms with Crippen LogP contribution in [-0.4, -0.2) is 60.2 Å². The summed E-state index contributed by atoms with van der Waals surface area (Å²) in [5.41, 5.74) is 2.79. The third-order valence-electron chi connectivity index (χ3n) is 7.23. The van der Waals surface area contributed by atoms with Gasteiger partial charge in [0, 0.05) is 21.9 Å². The van der Waals surface area contributed by atoms with Crippen LogP contribution in [0.4, 0.5) is 5.69 Å². The number of hydrogen-bond acceptors (Lipinski definition) is 8. The smallest absolute Gasteiger partial charge is 0.544 e. The fourth-order valence-electron chi connectivity index (χ4n) is 4.59. The fourth-order valence-corrected chi connectivity index (χ4v) is 8.14. The van der Waals surface area contributed by atoms with Gasteiger partial charge in [0.2, 0.25) is 10.0 Å². The summed E-state index contributed by atoms with van der Waals surface area (Å²) in [4.78, 5) is 10.4. The Labute approximate surface area is 332 Å². The van der Waals surface area contributed by atoms with Gasteiger partial charge in [0.05, 0.1) is 9.82 Å². The number of benzene rings is 4. The molecule has 1 atom stereocenters. The summed E-state index contributed by atoms with van der Waals surface area (Å²) in [6.07, 6.45) is -0.0954. The first-order valence-electron chi connectivity index (χ1n) is 14.4. The molecule has 250 valence electrons. The number of sulfonamides is 3. The Morgan fingerprint density at radius 1 is 0.653 bits per heavy atom. The molecule has 0 N–H and O–H groups in total. The van der Waals surface area contributed by atoms with Crippen LogP contribution in [0.1, 0.15) is 22.3 Å². The van der Waals surface area contributed by atoms with Crippen LogP contribution in [-0.2, 0) is 36.5 Å². The van der Waals surface area contributed by atoms with E-state index in [0.717, 1.165) is 21.0 Å². The molecule has 49 heavy (non-hydrogen) atoms. The van der Waals surface area contributed by atoms with Crippen molar-refractivity contribution in [3.05, 3.63) is 139 Å². The summed E-state index contributed by atoms with van der Waals surface area (Å²) in [5.74, 6) is 0. The minimum absolute atomic E-state index is 0. The number of hydrogen-bond donors (Lipinski definition) is 0. The number of nitro groups is 1. The molecule has 0 fully saturated rings. The van der Waals surface area contributed by atoms with Gasteiger partial charge >= 0.3 is 59.1 Å². The number of nitrogens with zero attached hydrogens (tertiary/aromatic N) is 4. The largest absolute Gasteiger partial charge is 1.00 e. The van der Waals surface area contributed by atoms with Crippen molar-refractivity contribution >= 4 is 35.8 Å². The molecule has 0 bridgehead atoms. The van der Waals surface area contributed by atoms with Crippen LogP contribution in [0.25, 0.3) is 9.44 Å². The van der Waals surface area contributed by atoms with Gasteiger partial charge in [-0.1, -0.05) is 65.2 Å². The van der Waals surface area contributed by atoms with Gasteiger partial charge in [-0.25, -0.2) is 29.6 Å². The molecular weight excluding hydrogens is 711 g/mol. The predicted octanol–water partition coefficient (Wildman–Crippen LogP) is -0.345. The third kappa shape index (κ3) is 12.0. The Morgan fingerprint density at radius 2 is 1.08 bits per heavy atom.